The van der Waals surface area contributed by atoms with E-state index < -0.39 is 0 Å². The Kier molecular flexibility index (Phi) is 2.27. The smallest absolute Gasteiger partial charge is 0.331 e. The van der Waals surface area contributed by atoms with Crippen LogP contribution in [0.4, 0.5) is 0 Å². The molecular formula is C10H16O2. The van der Waals surface area contributed by atoms with Gasteiger partial charge in [-0.15, -0.1) is 0 Å². The lowest BCUT2D eigenvalue weighted by Gasteiger charge is -2.09. The van der Waals surface area contributed by atoms with Crippen molar-refractivity contribution in [1.29, 1.82) is 0 Å². The minimum Gasteiger partial charge on any atom is -0.456 e. The number of rotatable bonds is 2. The first-order chi connectivity index (χ1) is 5.44. The van der Waals surface area contributed by atoms with Crippen LogP contribution in [0.3, 0.4) is 0 Å². The Hall–Kier alpha value is -0.790. The normalized spacial score (nSPS) is 32.5. The number of esters is 1. The summed E-state index contributed by atoms with van der Waals surface area (Å²) in [6.45, 7) is 7.85. The molecule has 0 amide bonds. The molecule has 0 aliphatic heterocycles. The molecule has 0 spiro atoms. The second-order valence-corrected chi connectivity index (χ2v) is 4.06. The molecular weight excluding hydrogens is 152 g/mol. The minimum atomic E-state index is -0.207. The molecule has 1 fully saturated rings. The lowest BCUT2D eigenvalue weighted by molar-refractivity contribution is -0.144. The molecule has 2 unspecified atom stereocenters. The van der Waals surface area contributed by atoms with Gasteiger partial charge in [0, 0.05) is 6.08 Å². The highest BCUT2D eigenvalue weighted by molar-refractivity contribution is 5.83. The Labute approximate surface area is 73.6 Å². The number of hydrogen-bond donors (Lipinski definition) is 0. The zero-order valence-corrected chi connectivity index (χ0v) is 8.18. The fourth-order valence-corrected chi connectivity index (χ4v) is 1.19. The summed E-state index contributed by atoms with van der Waals surface area (Å²) in [5, 5.41) is 0. The number of carbonyl (C=O) groups is 1. The Morgan fingerprint density at radius 1 is 1.58 bits per heavy atom. The van der Waals surface area contributed by atoms with E-state index in [1.807, 2.05) is 20.8 Å². The largest absolute Gasteiger partial charge is 0.456 e. The van der Waals surface area contributed by atoms with Crippen molar-refractivity contribution in [2.75, 3.05) is 0 Å². The lowest BCUT2D eigenvalue weighted by atomic mass is 10.3. The van der Waals surface area contributed by atoms with Crippen LogP contribution in [-0.2, 0) is 9.53 Å². The highest BCUT2D eigenvalue weighted by Gasteiger charge is 2.50. The maximum Gasteiger partial charge on any atom is 0.331 e. The van der Waals surface area contributed by atoms with E-state index in [0.717, 1.165) is 12.0 Å². The maximum atomic E-state index is 11.2. The average Bonchev–Trinajstić information content (AvgIpc) is 2.35. The van der Waals surface area contributed by atoms with Crippen LogP contribution in [0.25, 0.3) is 0 Å². The van der Waals surface area contributed by atoms with Crippen LogP contribution in [-0.4, -0.2) is 11.6 Å². The van der Waals surface area contributed by atoms with Crippen LogP contribution in [0.15, 0.2) is 11.6 Å². The van der Waals surface area contributed by atoms with E-state index in [4.69, 9.17) is 4.74 Å². The molecule has 1 aliphatic rings. The number of carbonyl (C=O) groups excluding carboxylic acids is 1. The zero-order valence-electron chi connectivity index (χ0n) is 8.18. The molecule has 0 saturated heterocycles. The quantitative estimate of drug-likeness (QED) is 0.467. The molecule has 1 aliphatic carbocycles. The highest BCUT2D eigenvalue weighted by Crippen LogP contribution is 2.45. The van der Waals surface area contributed by atoms with Gasteiger partial charge in [-0.1, -0.05) is 12.5 Å². The molecule has 0 aromatic carbocycles. The van der Waals surface area contributed by atoms with Crippen LogP contribution in [0.2, 0.25) is 0 Å². The van der Waals surface area contributed by atoms with Gasteiger partial charge in [-0.2, -0.15) is 0 Å². The second-order valence-electron chi connectivity index (χ2n) is 4.06. The SMILES string of the molecule is CC(C)=CC(=O)OC1(C)CC1C. The third-order valence-corrected chi connectivity index (χ3v) is 2.33. The number of hydrogen-bond acceptors (Lipinski definition) is 2. The molecule has 68 valence electrons. The third kappa shape index (κ3) is 2.10. The molecule has 1 saturated carbocycles. The Morgan fingerprint density at radius 2 is 2.08 bits per heavy atom. The van der Waals surface area contributed by atoms with Gasteiger partial charge in [-0.25, -0.2) is 4.79 Å². The molecule has 0 radical (unpaired) electrons. The van der Waals surface area contributed by atoms with Gasteiger partial charge in [-0.05, 0) is 33.1 Å². The van der Waals surface area contributed by atoms with E-state index in [9.17, 15) is 4.79 Å². The predicted octanol–water partition coefficient (Wildman–Crippen LogP) is 2.29. The van der Waals surface area contributed by atoms with E-state index in [-0.39, 0.29) is 11.6 Å². The van der Waals surface area contributed by atoms with E-state index in [1.54, 1.807) is 0 Å². The van der Waals surface area contributed by atoms with Crippen molar-refractivity contribution >= 4 is 5.97 Å². The van der Waals surface area contributed by atoms with E-state index in [2.05, 4.69) is 6.92 Å². The van der Waals surface area contributed by atoms with Crippen LogP contribution in [0.5, 0.6) is 0 Å². The van der Waals surface area contributed by atoms with Gasteiger partial charge in [0.1, 0.15) is 5.60 Å². The zero-order chi connectivity index (χ0) is 9.35. The topological polar surface area (TPSA) is 26.3 Å². The Bertz CT molecular complexity index is 226. The van der Waals surface area contributed by atoms with Gasteiger partial charge in [0.2, 0.25) is 0 Å². The van der Waals surface area contributed by atoms with Crippen molar-refractivity contribution < 1.29 is 9.53 Å². The van der Waals surface area contributed by atoms with Crippen molar-refractivity contribution in [2.24, 2.45) is 5.92 Å². The fraction of sp³-hybridized carbons (Fsp3) is 0.700. The van der Waals surface area contributed by atoms with Crippen molar-refractivity contribution in [1.82, 2.24) is 0 Å². The molecule has 2 heteroatoms. The van der Waals surface area contributed by atoms with Gasteiger partial charge in [0.15, 0.2) is 0 Å². The lowest BCUT2D eigenvalue weighted by Crippen LogP contribution is -2.16. The van der Waals surface area contributed by atoms with Crippen molar-refractivity contribution in [2.45, 2.75) is 39.7 Å². The molecule has 0 bridgehead atoms. The Morgan fingerprint density at radius 3 is 2.42 bits per heavy atom. The van der Waals surface area contributed by atoms with Crippen molar-refractivity contribution in [3.63, 3.8) is 0 Å². The van der Waals surface area contributed by atoms with Crippen LogP contribution < -0.4 is 0 Å². The molecule has 2 atom stereocenters. The van der Waals surface area contributed by atoms with Crippen molar-refractivity contribution in [3.8, 4) is 0 Å². The summed E-state index contributed by atoms with van der Waals surface area (Å²) in [7, 11) is 0. The average molecular weight is 168 g/mol. The molecule has 1 rings (SSSR count). The highest BCUT2D eigenvalue weighted by atomic mass is 16.6. The monoisotopic (exact) mass is 168 g/mol. The molecule has 12 heavy (non-hydrogen) atoms. The van der Waals surface area contributed by atoms with E-state index in [1.165, 1.54) is 6.08 Å². The molecule has 0 aromatic heterocycles. The Balaban J connectivity index is 2.43. The summed E-state index contributed by atoms with van der Waals surface area (Å²) in [6, 6.07) is 0. The summed E-state index contributed by atoms with van der Waals surface area (Å²) >= 11 is 0. The minimum absolute atomic E-state index is 0.178. The first-order valence-corrected chi connectivity index (χ1v) is 4.32. The van der Waals surface area contributed by atoms with E-state index >= 15 is 0 Å². The number of ether oxygens (including phenoxy) is 1. The van der Waals surface area contributed by atoms with Gasteiger partial charge < -0.3 is 4.74 Å². The standard InChI is InChI=1S/C10H16O2/c1-7(2)5-9(11)12-10(4)6-8(10)3/h5,8H,6H2,1-4H3. The summed E-state index contributed by atoms with van der Waals surface area (Å²) in [5.74, 6) is 0.314. The molecule has 0 aromatic rings. The fourth-order valence-electron chi connectivity index (χ4n) is 1.19. The van der Waals surface area contributed by atoms with Gasteiger partial charge >= 0.3 is 5.97 Å². The summed E-state index contributed by atoms with van der Waals surface area (Å²) in [4.78, 5) is 11.2. The second kappa shape index (κ2) is 2.92. The molecule has 0 heterocycles. The van der Waals surface area contributed by atoms with Gasteiger partial charge in [-0.3, -0.25) is 0 Å². The van der Waals surface area contributed by atoms with Crippen molar-refractivity contribution in [3.05, 3.63) is 11.6 Å². The van der Waals surface area contributed by atoms with Crippen LogP contribution in [0, 0.1) is 5.92 Å². The first kappa shape index (κ1) is 9.30. The number of allylic oxidation sites excluding steroid dienone is 1. The summed E-state index contributed by atoms with van der Waals surface area (Å²) in [5.41, 5.74) is 0.806. The predicted molar refractivity (Wildman–Crippen MR) is 47.7 cm³/mol. The van der Waals surface area contributed by atoms with E-state index in [0.29, 0.717) is 5.92 Å². The first-order valence-electron chi connectivity index (χ1n) is 4.32. The summed E-state index contributed by atoms with van der Waals surface area (Å²) < 4.78 is 5.26. The molecule has 2 nitrogen and oxygen atoms in total. The third-order valence-electron chi connectivity index (χ3n) is 2.33. The van der Waals surface area contributed by atoms with Gasteiger partial charge in [0.05, 0.1) is 0 Å². The van der Waals surface area contributed by atoms with Crippen LogP contribution >= 0.6 is 0 Å². The van der Waals surface area contributed by atoms with Gasteiger partial charge in [0.25, 0.3) is 0 Å². The molecule has 0 N–H and O–H groups in total. The van der Waals surface area contributed by atoms with Crippen LogP contribution in [0.1, 0.15) is 34.1 Å². The maximum absolute atomic E-state index is 11.2. The summed E-state index contributed by atoms with van der Waals surface area (Å²) in [6.07, 6.45) is 2.53.